The van der Waals surface area contributed by atoms with Crippen LogP contribution in [0.15, 0.2) is 54.7 Å². The van der Waals surface area contributed by atoms with Gasteiger partial charge in [-0.15, -0.1) is 0 Å². The molecule has 0 aliphatic rings. The van der Waals surface area contributed by atoms with Crippen molar-refractivity contribution in [3.05, 3.63) is 65.6 Å². The first-order valence-electron chi connectivity index (χ1n) is 7.51. The van der Waals surface area contributed by atoms with Crippen molar-refractivity contribution in [2.75, 3.05) is 16.3 Å². The van der Waals surface area contributed by atoms with Crippen LogP contribution in [-0.4, -0.2) is 30.0 Å². The molecule has 2 aromatic heterocycles. The molecule has 2 N–H and O–H groups in total. The third kappa shape index (κ3) is 4.41. The number of rotatable bonds is 5. The Bertz CT molecular complexity index is 1090. The van der Waals surface area contributed by atoms with Crippen molar-refractivity contribution in [3.8, 4) is 0 Å². The van der Waals surface area contributed by atoms with Gasteiger partial charge in [-0.25, -0.2) is 13.4 Å². The fourth-order valence-electron chi connectivity index (χ4n) is 2.31. The van der Waals surface area contributed by atoms with E-state index in [0.29, 0.717) is 27.9 Å². The van der Waals surface area contributed by atoms with Crippen LogP contribution in [0.5, 0.6) is 0 Å². The quantitative estimate of drug-likeness (QED) is 0.655. The summed E-state index contributed by atoms with van der Waals surface area (Å²) in [5.74, 6) is -0.351. The maximum absolute atomic E-state index is 12.1. The van der Waals surface area contributed by atoms with E-state index in [1.54, 1.807) is 40.9 Å². The van der Waals surface area contributed by atoms with Crippen molar-refractivity contribution in [1.29, 1.82) is 0 Å². The number of carbonyl (C=O) groups excluding carboxylic acids is 1. The molecule has 0 fully saturated rings. The molecule has 2 heterocycles. The number of fused-ring (bicyclic) bond motifs is 1. The molecule has 7 nitrogen and oxygen atoms in total. The van der Waals surface area contributed by atoms with Crippen LogP contribution in [0.1, 0.15) is 5.69 Å². The summed E-state index contributed by atoms with van der Waals surface area (Å²) in [5, 5.41) is 2.99. The molecule has 1 aromatic carbocycles. The first-order valence-corrected chi connectivity index (χ1v) is 9.78. The number of nitrogens with one attached hydrogen (secondary N) is 2. The molecule has 3 aromatic rings. The highest BCUT2D eigenvalue weighted by Crippen LogP contribution is 2.19. The Morgan fingerprint density at radius 2 is 1.85 bits per heavy atom. The average Bonchev–Trinajstić information content (AvgIpc) is 2.89. The number of benzene rings is 1. The predicted molar refractivity (Wildman–Crippen MR) is 103 cm³/mol. The zero-order chi connectivity index (χ0) is 18.7. The summed E-state index contributed by atoms with van der Waals surface area (Å²) in [4.78, 5) is 16.3. The summed E-state index contributed by atoms with van der Waals surface area (Å²) in [6.07, 6.45) is 5.81. The molecule has 0 aliphatic carbocycles. The number of hydrogen-bond donors (Lipinski definition) is 2. The van der Waals surface area contributed by atoms with E-state index < -0.39 is 10.0 Å². The van der Waals surface area contributed by atoms with Gasteiger partial charge in [-0.2, -0.15) is 0 Å². The second-order valence-corrected chi connectivity index (χ2v) is 7.60. The van der Waals surface area contributed by atoms with Crippen molar-refractivity contribution in [3.63, 3.8) is 0 Å². The number of aromatic nitrogens is 2. The number of sulfonamides is 1. The number of imidazole rings is 1. The molecule has 134 valence electrons. The topological polar surface area (TPSA) is 92.6 Å². The number of nitrogens with zero attached hydrogens (tertiary/aromatic N) is 2. The monoisotopic (exact) mass is 390 g/mol. The zero-order valence-corrected chi connectivity index (χ0v) is 15.3. The number of anilines is 2. The first-order chi connectivity index (χ1) is 12.3. The molecular formula is C17H15ClN4O3S. The molecular weight excluding hydrogens is 376 g/mol. The molecule has 3 rings (SSSR count). The second-order valence-electron chi connectivity index (χ2n) is 5.49. The molecule has 1 amide bonds. The molecule has 26 heavy (non-hydrogen) atoms. The predicted octanol–water partition coefficient (Wildman–Crippen LogP) is 3.01. The second kappa shape index (κ2) is 7.19. The van der Waals surface area contributed by atoms with Crippen LogP contribution in [0, 0.1) is 0 Å². The van der Waals surface area contributed by atoms with Gasteiger partial charge < -0.3 is 5.32 Å². The van der Waals surface area contributed by atoms with Crippen LogP contribution in [0.4, 0.5) is 11.4 Å². The molecule has 0 radical (unpaired) electrons. The van der Waals surface area contributed by atoms with E-state index in [4.69, 9.17) is 11.6 Å². The number of amides is 1. The Labute approximate surface area is 155 Å². The fourth-order valence-corrected chi connectivity index (χ4v) is 3.11. The Morgan fingerprint density at radius 3 is 2.54 bits per heavy atom. The molecule has 0 saturated carbocycles. The average molecular weight is 391 g/mol. The maximum Gasteiger partial charge on any atom is 0.248 e. The van der Waals surface area contributed by atoms with Gasteiger partial charge in [-0.1, -0.05) is 17.7 Å². The van der Waals surface area contributed by atoms with Gasteiger partial charge in [-0.3, -0.25) is 13.9 Å². The Balaban J connectivity index is 1.70. The molecule has 0 aliphatic heterocycles. The van der Waals surface area contributed by atoms with Crippen LogP contribution >= 0.6 is 11.6 Å². The minimum Gasteiger partial charge on any atom is -0.323 e. The van der Waals surface area contributed by atoms with E-state index in [-0.39, 0.29) is 5.91 Å². The van der Waals surface area contributed by atoms with Gasteiger partial charge in [0.2, 0.25) is 15.9 Å². The normalized spacial score (nSPS) is 11.8. The van der Waals surface area contributed by atoms with Gasteiger partial charge in [0.1, 0.15) is 5.65 Å². The zero-order valence-electron chi connectivity index (χ0n) is 13.7. The number of carbonyl (C=O) groups is 1. The number of pyridine rings is 1. The molecule has 0 unspecified atom stereocenters. The largest absolute Gasteiger partial charge is 0.323 e. The highest BCUT2D eigenvalue weighted by Gasteiger charge is 2.07. The van der Waals surface area contributed by atoms with Gasteiger partial charge >= 0.3 is 0 Å². The first kappa shape index (κ1) is 18.0. The van der Waals surface area contributed by atoms with Gasteiger partial charge in [0, 0.05) is 23.6 Å². The molecule has 9 heteroatoms. The van der Waals surface area contributed by atoms with Gasteiger partial charge in [0.05, 0.1) is 11.9 Å². The summed E-state index contributed by atoms with van der Waals surface area (Å²) in [7, 11) is -3.34. The summed E-state index contributed by atoms with van der Waals surface area (Å²) >= 11 is 6.11. The highest BCUT2D eigenvalue weighted by molar-refractivity contribution is 7.92. The van der Waals surface area contributed by atoms with Crippen molar-refractivity contribution in [2.45, 2.75) is 0 Å². The minimum atomic E-state index is -3.34. The van der Waals surface area contributed by atoms with E-state index >= 15 is 0 Å². The van der Waals surface area contributed by atoms with Gasteiger partial charge in [-0.05, 0) is 42.5 Å². The molecule has 0 saturated heterocycles. The van der Waals surface area contributed by atoms with Crippen molar-refractivity contribution < 1.29 is 13.2 Å². The van der Waals surface area contributed by atoms with Crippen LogP contribution in [0.25, 0.3) is 11.7 Å². The molecule has 0 bridgehead atoms. The maximum atomic E-state index is 12.1. The lowest BCUT2D eigenvalue weighted by Gasteiger charge is -2.06. The van der Waals surface area contributed by atoms with Crippen molar-refractivity contribution >= 4 is 50.6 Å². The van der Waals surface area contributed by atoms with E-state index in [0.717, 1.165) is 6.26 Å². The van der Waals surface area contributed by atoms with Crippen molar-refractivity contribution in [2.24, 2.45) is 0 Å². The third-order valence-electron chi connectivity index (χ3n) is 3.37. The molecule has 0 spiro atoms. The Kier molecular flexibility index (Phi) is 4.97. The number of halogens is 1. The van der Waals surface area contributed by atoms with Crippen LogP contribution in [-0.2, 0) is 14.8 Å². The molecule has 0 atom stereocenters. The van der Waals surface area contributed by atoms with E-state index in [1.165, 1.54) is 6.08 Å². The van der Waals surface area contributed by atoms with Crippen molar-refractivity contribution in [1.82, 2.24) is 9.38 Å². The van der Waals surface area contributed by atoms with E-state index in [1.807, 2.05) is 18.2 Å². The van der Waals surface area contributed by atoms with Crippen LogP contribution in [0.2, 0.25) is 5.15 Å². The van der Waals surface area contributed by atoms with E-state index in [2.05, 4.69) is 15.0 Å². The highest BCUT2D eigenvalue weighted by atomic mass is 35.5. The number of hydrogen-bond acceptors (Lipinski definition) is 4. The van der Waals surface area contributed by atoms with Gasteiger partial charge in [0.15, 0.2) is 5.15 Å². The smallest absolute Gasteiger partial charge is 0.248 e. The Hall–Kier alpha value is -2.84. The lowest BCUT2D eigenvalue weighted by molar-refractivity contribution is -0.111. The fraction of sp³-hybridized carbons (Fsp3) is 0.0588. The van der Waals surface area contributed by atoms with Crippen LogP contribution < -0.4 is 10.0 Å². The van der Waals surface area contributed by atoms with Gasteiger partial charge in [0.25, 0.3) is 0 Å². The third-order valence-corrected chi connectivity index (χ3v) is 4.25. The van der Waals surface area contributed by atoms with E-state index in [9.17, 15) is 13.2 Å². The summed E-state index contributed by atoms with van der Waals surface area (Å²) in [6, 6.07) is 11.8. The summed E-state index contributed by atoms with van der Waals surface area (Å²) < 4.78 is 26.5. The lowest BCUT2D eigenvalue weighted by Crippen LogP contribution is -2.10. The standard InChI is InChI=1S/C17H15ClN4O3S/c1-26(24,25)21-13-7-5-12(6-8-13)19-16(23)10-9-14-17(18)20-15-4-2-3-11-22(14)15/h2-11,21H,1H3,(H,19,23)/b10-9+. The van der Waals surface area contributed by atoms with Crippen LogP contribution in [0.3, 0.4) is 0 Å². The Morgan fingerprint density at radius 1 is 1.15 bits per heavy atom. The SMILES string of the molecule is CS(=O)(=O)Nc1ccc(NC(=O)/C=C/c2c(Cl)nc3ccccn23)cc1. The summed E-state index contributed by atoms with van der Waals surface area (Å²) in [5.41, 5.74) is 2.23. The minimum absolute atomic E-state index is 0.302. The summed E-state index contributed by atoms with van der Waals surface area (Å²) in [6.45, 7) is 0. The lowest BCUT2D eigenvalue weighted by atomic mass is 10.3.